The molecule has 0 fully saturated rings. The third-order valence-electron chi connectivity index (χ3n) is 5.98. The van der Waals surface area contributed by atoms with Crippen molar-refractivity contribution < 1.29 is 27.9 Å². The summed E-state index contributed by atoms with van der Waals surface area (Å²) in [5.74, 6) is -1.67. The van der Waals surface area contributed by atoms with E-state index >= 15 is 0 Å². The van der Waals surface area contributed by atoms with Crippen LogP contribution in [0.15, 0.2) is 99.0 Å². The summed E-state index contributed by atoms with van der Waals surface area (Å²) in [5.41, 5.74) is 0.585. The zero-order chi connectivity index (χ0) is 28.4. The lowest BCUT2D eigenvalue weighted by atomic mass is 9.96. The molecule has 3 heterocycles. The molecule has 0 aliphatic carbocycles. The van der Waals surface area contributed by atoms with Crippen molar-refractivity contribution in [3.63, 3.8) is 0 Å². The highest BCUT2D eigenvalue weighted by molar-refractivity contribution is 7.07. The first-order valence-corrected chi connectivity index (χ1v) is 13.1. The number of carbonyl (C=O) groups excluding carboxylic acids is 2. The number of allylic oxidation sites excluding steroid dienone is 1. The minimum atomic E-state index is -0.929. The molecule has 0 bridgehead atoms. The lowest BCUT2D eigenvalue weighted by Gasteiger charge is -2.24. The minimum Gasteiger partial charge on any atom is -0.458 e. The van der Waals surface area contributed by atoms with Gasteiger partial charge in [-0.3, -0.25) is 9.36 Å². The summed E-state index contributed by atoms with van der Waals surface area (Å²) < 4.78 is 31.8. The molecule has 5 rings (SSSR count). The van der Waals surface area contributed by atoms with Gasteiger partial charge in [0.2, 0.25) is 5.76 Å². The number of halogens is 2. The van der Waals surface area contributed by atoms with Gasteiger partial charge < -0.3 is 13.9 Å². The van der Waals surface area contributed by atoms with E-state index in [1.54, 1.807) is 25.1 Å². The van der Waals surface area contributed by atoms with Gasteiger partial charge in [-0.25, -0.2) is 19.0 Å². The second kappa shape index (κ2) is 11.3. The normalized spacial score (nSPS) is 14.9. The van der Waals surface area contributed by atoms with E-state index in [-0.39, 0.29) is 38.8 Å². The predicted octanol–water partition coefficient (Wildman–Crippen LogP) is 4.57. The van der Waals surface area contributed by atoms with E-state index < -0.39 is 29.4 Å². The predicted molar refractivity (Wildman–Crippen MR) is 146 cm³/mol. The maximum absolute atomic E-state index is 14.5. The van der Waals surface area contributed by atoms with Crippen molar-refractivity contribution in [1.29, 1.82) is 0 Å². The molecule has 11 heteroatoms. The van der Waals surface area contributed by atoms with Crippen LogP contribution in [0.25, 0.3) is 6.08 Å². The van der Waals surface area contributed by atoms with Crippen molar-refractivity contribution in [3.8, 4) is 5.75 Å². The number of rotatable bonds is 7. The number of hydrogen-bond donors (Lipinski definition) is 0. The average Bonchev–Trinajstić information content (AvgIpc) is 3.58. The first-order chi connectivity index (χ1) is 19.3. The lowest BCUT2D eigenvalue weighted by molar-refractivity contribution is -0.138. The fourth-order valence-corrected chi connectivity index (χ4v) is 5.41. The Kier molecular flexibility index (Phi) is 7.63. The Morgan fingerprint density at radius 1 is 1.18 bits per heavy atom. The van der Waals surface area contributed by atoms with Gasteiger partial charge in [-0.1, -0.05) is 53.8 Å². The van der Waals surface area contributed by atoms with Crippen molar-refractivity contribution in [2.24, 2.45) is 4.99 Å². The minimum absolute atomic E-state index is 0.0389. The molecule has 1 atom stereocenters. The van der Waals surface area contributed by atoms with Crippen LogP contribution in [0.4, 0.5) is 4.39 Å². The maximum Gasteiger partial charge on any atom is 0.379 e. The topological polar surface area (TPSA) is 100 Å². The highest BCUT2D eigenvalue weighted by atomic mass is 35.5. The van der Waals surface area contributed by atoms with Crippen molar-refractivity contribution in [2.75, 3.05) is 6.61 Å². The Bertz CT molecular complexity index is 1820. The third kappa shape index (κ3) is 5.18. The molecule has 40 heavy (non-hydrogen) atoms. The number of nitrogens with zero attached hydrogens (tertiary/aromatic N) is 2. The van der Waals surface area contributed by atoms with Gasteiger partial charge in [0.15, 0.2) is 4.80 Å². The largest absolute Gasteiger partial charge is 0.458 e. The van der Waals surface area contributed by atoms with Crippen LogP contribution in [-0.2, 0) is 9.53 Å². The first kappa shape index (κ1) is 27.0. The third-order valence-corrected chi connectivity index (χ3v) is 7.29. The highest BCUT2D eigenvalue weighted by Gasteiger charge is 2.33. The molecule has 8 nitrogen and oxygen atoms in total. The molecule has 0 radical (unpaired) electrons. The molecule has 0 saturated heterocycles. The van der Waals surface area contributed by atoms with Crippen LogP contribution in [0, 0.1) is 5.82 Å². The van der Waals surface area contributed by atoms with E-state index in [1.807, 2.05) is 0 Å². The second-order valence-electron chi connectivity index (χ2n) is 8.54. The van der Waals surface area contributed by atoms with Gasteiger partial charge in [0.1, 0.15) is 18.2 Å². The molecule has 0 spiro atoms. The molecule has 2 aromatic carbocycles. The first-order valence-electron chi connectivity index (χ1n) is 11.9. The number of fused-ring (bicyclic) bond motifs is 1. The number of ether oxygens (including phenoxy) is 2. The molecule has 1 aliphatic heterocycles. The van der Waals surface area contributed by atoms with Gasteiger partial charge in [0.25, 0.3) is 5.56 Å². The van der Waals surface area contributed by atoms with Crippen molar-refractivity contribution >= 4 is 41.0 Å². The van der Waals surface area contributed by atoms with Crippen LogP contribution >= 0.6 is 22.9 Å². The summed E-state index contributed by atoms with van der Waals surface area (Å²) in [5, 5.41) is 0.145. The van der Waals surface area contributed by atoms with Crippen LogP contribution in [0.5, 0.6) is 5.75 Å². The zero-order valence-electron chi connectivity index (χ0n) is 20.9. The molecule has 4 aromatic rings. The average molecular weight is 579 g/mol. The van der Waals surface area contributed by atoms with Gasteiger partial charge in [0.05, 0.1) is 33.1 Å². The number of furan rings is 1. The quantitative estimate of drug-likeness (QED) is 0.181. The number of esters is 2. The molecular formula is C29H20ClFN2O6S. The van der Waals surface area contributed by atoms with Crippen molar-refractivity contribution in [3.05, 3.63) is 132 Å². The number of aromatic nitrogens is 1. The molecule has 1 aliphatic rings. The maximum atomic E-state index is 14.5. The Hall–Kier alpha value is -4.54. The van der Waals surface area contributed by atoms with E-state index in [0.717, 1.165) is 11.3 Å². The van der Waals surface area contributed by atoms with Gasteiger partial charge in [0, 0.05) is 5.56 Å². The van der Waals surface area contributed by atoms with E-state index in [1.165, 1.54) is 59.4 Å². The summed E-state index contributed by atoms with van der Waals surface area (Å²) >= 11 is 7.22. The molecule has 0 saturated carbocycles. The van der Waals surface area contributed by atoms with Crippen LogP contribution in [-0.4, -0.2) is 23.1 Å². The number of benzene rings is 2. The van der Waals surface area contributed by atoms with E-state index in [4.69, 9.17) is 25.5 Å². The number of thiazole rings is 1. The monoisotopic (exact) mass is 578 g/mol. The fraction of sp³-hybridized carbons (Fsp3) is 0.103. The van der Waals surface area contributed by atoms with Gasteiger partial charge in [-0.15, -0.1) is 0 Å². The van der Waals surface area contributed by atoms with E-state index in [9.17, 15) is 18.8 Å². The standard InChI is InChI=1S/C29H20ClFN2O6S/c1-3-13-38-28(36)24-16(2)32-29-33(26(34)23(40-29)15-19-20(30)6-4-7-21(19)31)25(24)17-9-11-18(12-10-17)39-27(35)22-8-5-14-37-22/h3-12,14-15,25H,1,13H2,2H3/b23-15-. The van der Waals surface area contributed by atoms with Crippen LogP contribution < -0.4 is 19.6 Å². The summed E-state index contributed by atoms with van der Waals surface area (Å²) in [4.78, 5) is 43.9. The summed E-state index contributed by atoms with van der Waals surface area (Å²) in [6.45, 7) is 5.17. The molecule has 0 amide bonds. The Morgan fingerprint density at radius 2 is 1.95 bits per heavy atom. The summed E-state index contributed by atoms with van der Waals surface area (Å²) in [7, 11) is 0. The molecular weight excluding hydrogens is 559 g/mol. The second-order valence-corrected chi connectivity index (χ2v) is 9.96. The fourth-order valence-electron chi connectivity index (χ4n) is 4.16. The highest BCUT2D eigenvalue weighted by Crippen LogP contribution is 2.32. The summed E-state index contributed by atoms with van der Waals surface area (Å²) in [6, 6.07) is 12.7. The Morgan fingerprint density at radius 3 is 2.62 bits per heavy atom. The number of carbonyl (C=O) groups is 2. The van der Waals surface area contributed by atoms with Crippen LogP contribution in [0.3, 0.4) is 0 Å². The van der Waals surface area contributed by atoms with Gasteiger partial charge in [-0.05, 0) is 55.0 Å². The zero-order valence-corrected chi connectivity index (χ0v) is 22.5. The Balaban J connectivity index is 1.61. The molecule has 2 aromatic heterocycles. The van der Waals surface area contributed by atoms with Crippen molar-refractivity contribution in [2.45, 2.75) is 13.0 Å². The van der Waals surface area contributed by atoms with Crippen LogP contribution in [0.2, 0.25) is 5.02 Å². The molecule has 0 N–H and O–H groups in total. The van der Waals surface area contributed by atoms with Gasteiger partial charge in [-0.2, -0.15) is 0 Å². The summed E-state index contributed by atoms with van der Waals surface area (Å²) in [6.07, 6.45) is 4.15. The SMILES string of the molecule is C=CCOC(=O)C1=C(C)N=c2s/c(=C\c3c(F)cccc3Cl)c(=O)n2C1c1ccc(OC(=O)c2ccco2)cc1. The van der Waals surface area contributed by atoms with Crippen LogP contribution in [0.1, 0.15) is 34.6 Å². The molecule has 202 valence electrons. The van der Waals surface area contributed by atoms with E-state index in [2.05, 4.69) is 11.6 Å². The number of hydrogen-bond acceptors (Lipinski definition) is 8. The van der Waals surface area contributed by atoms with Crippen molar-refractivity contribution in [1.82, 2.24) is 4.57 Å². The molecule has 1 unspecified atom stereocenters. The van der Waals surface area contributed by atoms with Gasteiger partial charge >= 0.3 is 11.9 Å². The van der Waals surface area contributed by atoms with E-state index in [0.29, 0.717) is 16.1 Å². The smallest absolute Gasteiger partial charge is 0.379 e. The Labute approximate surface area is 235 Å². The lowest BCUT2D eigenvalue weighted by Crippen LogP contribution is -2.40.